The fourth-order valence-electron chi connectivity index (χ4n) is 6.82. The van der Waals surface area contributed by atoms with E-state index in [2.05, 4.69) is 191 Å². The van der Waals surface area contributed by atoms with Crippen LogP contribution in [0.5, 0.6) is 23.0 Å². The first-order valence-electron chi connectivity index (χ1n) is 22.7. The Morgan fingerprint density at radius 1 is 0.450 bits per heavy atom. The predicted molar refractivity (Wildman–Crippen MR) is 260 cm³/mol. The lowest BCUT2D eigenvalue weighted by molar-refractivity contribution is 0.232. The monoisotopic (exact) mass is 821 g/mol. The molecular formula is C56H84O4. The van der Waals surface area contributed by atoms with Crippen molar-refractivity contribution in [1.29, 1.82) is 0 Å². The van der Waals surface area contributed by atoms with Crippen LogP contribution in [0.15, 0.2) is 91.0 Å². The molecule has 0 bridgehead atoms. The van der Waals surface area contributed by atoms with Crippen LogP contribution in [0.25, 0.3) is 0 Å². The Morgan fingerprint density at radius 3 is 1.20 bits per heavy atom. The summed E-state index contributed by atoms with van der Waals surface area (Å²) in [4.78, 5) is 0. The normalized spacial score (nSPS) is 11.7. The van der Waals surface area contributed by atoms with Gasteiger partial charge in [0.15, 0.2) is 0 Å². The van der Waals surface area contributed by atoms with Gasteiger partial charge in [0, 0.05) is 5.56 Å². The lowest BCUT2D eigenvalue weighted by Crippen LogP contribution is -2.24. The van der Waals surface area contributed by atoms with Crippen molar-refractivity contribution < 1.29 is 18.9 Å². The predicted octanol–water partition coefficient (Wildman–Crippen LogP) is 16.3. The van der Waals surface area contributed by atoms with E-state index in [1.54, 1.807) is 0 Å². The fraction of sp³-hybridized carbons (Fsp3) is 0.536. The smallest absolute Gasteiger partial charge is 0.123 e. The number of hydrogen-bond donors (Lipinski definition) is 0. The molecule has 4 nitrogen and oxygen atoms in total. The second-order valence-electron chi connectivity index (χ2n) is 19.5. The highest BCUT2D eigenvalue weighted by Crippen LogP contribution is 2.39. The summed E-state index contributed by atoms with van der Waals surface area (Å²) in [5, 5.41) is 0. The van der Waals surface area contributed by atoms with Gasteiger partial charge in [0.25, 0.3) is 0 Å². The van der Waals surface area contributed by atoms with Gasteiger partial charge in [0.2, 0.25) is 0 Å². The quantitative estimate of drug-likeness (QED) is 0.0995. The Labute approximate surface area is 368 Å². The molecule has 0 N–H and O–H groups in total. The van der Waals surface area contributed by atoms with E-state index in [1.165, 1.54) is 44.5 Å². The van der Waals surface area contributed by atoms with Crippen LogP contribution < -0.4 is 18.9 Å². The van der Waals surface area contributed by atoms with Crippen molar-refractivity contribution in [1.82, 2.24) is 0 Å². The first-order chi connectivity index (χ1) is 27.9. The second kappa shape index (κ2) is 24.3. The molecule has 4 aromatic carbocycles. The molecule has 4 rings (SSSR count). The number of allylic oxidation sites excluding steroid dienone is 1. The van der Waals surface area contributed by atoms with Gasteiger partial charge in [-0.05, 0) is 168 Å². The van der Waals surface area contributed by atoms with Gasteiger partial charge >= 0.3 is 0 Å². The summed E-state index contributed by atoms with van der Waals surface area (Å²) in [5.74, 6) is 6.05. The van der Waals surface area contributed by atoms with Crippen molar-refractivity contribution in [3.63, 3.8) is 0 Å². The van der Waals surface area contributed by atoms with Crippen molar-refractivity contribution in [3.8, 4) is 23.0 Å². The summed E-state index contributed by atoms with van der Waals surface area (Å²) in [6.45, 7) is 45.0. The topological polar surface area (TPSA) is 36.9 Å². The number of rotatable bonds is 17. The first-order valence-corrected chi connectivity index (χ1v) is 22.7. The van der Waals surface area contributed by atoms with Gasteiger partial charge in [-0.25, -0.2) is 0 Å². The molecule has 332 valence electrons. The van der Waals surface area contributed by atoms with Crippen LogP contribution in [0.1, 0.15) is 194 Å². The maximum atomic E-state index is 6.23. The molecule has 60 heavy (non-hydrogen) atoms. The largest absolute Gasteiger partial charge is 0.491 e. The molecule has 0 aromatic heterocycles. The van der Waals surface area contributed by atoms with Crippen molar-refractivity contribution in [2.75, 3.05) is 0 Å². The molecule has 0 unspecified atom stereocenters. The zero-order valence-electron chi connectivity index (χ0n) is 41.4. The van der Waals surface area contributed by atoms with E-state index < -0.39 is 0 Å². The van der Waals surface area contributed by atoms with E-state index in [-0.39, 0.29) is 29.8 Å². The molecule has 0 amide bonds. The lowest BCUT2D eigenvalue weighted by Gasteiger charge is -2.31. The van der Waals surface area contributed by atoms with E-state index >= 15 is 0 Å². The van der Waals surface area contributed by atoms with Gasteiger partial charge in [-0.3, -0.25) is 0 Å². The molecule has 4 heteroatoms. The summed E-state index contributed by atoms with van der Waals surface area (Å²) in [7, 11) is 0. The van der Waals surface area contributed by atoms with Crippen LogP contribution >= 0.6 is 0 Å². The van der Waals surface area contributed by atoms with Crippen LogP contribution in [0.3, 0.4) is 0 Å². The van der Waals surface area contributed by atoms with Gasteiger partial charge in [0.1, 0.15) is 23.0 Å². The molecule has 0 saturated heterocycles. The third kappa shape index (κ3) is 17.8. The molecule has 0 spiro atoms. The van der Waals surface area contributed by atoms with Crippen LogP contribution in [0, 0.1) is 0 Å². The van der Waals surface area contributed by atoms with E-state index in [9.17, 15) is 0 Å². The minimum atomic E-state index is -0.0974. The summed E-state index contributed by atoms with van der Waals surface area (Å²) in [5.41, 5.74) is 10.3. The summed E-state index contributed by atoms with van der Waals surface area (Å²) in [6.07, 6.45) is 2.55. The van der Waals surface area contributed by atoms with E-state index in [1.807, 2.05) is 26.0 Å². The number of benzene rings is 4. The Balaban J connectivity index is 0.000000347. The second-order valence-corrected chi connectivity index (χ2v) is 19.5. The SMILES string of the molecule is C=C(C)Cc1cc(C(C)C)ccc1OC(C)C.CC(C)Oc1ccc(C(C)C)cc1.CC(C)Oc1ccc(C(C)C)cc1CC(C)(C)c1cc(C(C)C)ccc1OC(C)C. The average molecular weight is 821 g/mol. The number of ether oxygens (including phenoxy) is 4. The van der Waals surface area contributed by atoms with Gasteiger partial charge in [-0.1, -0.05) is 130 Å². The summed E-state index contributed by atoms with van der Waals surface area (Å²) in [6, 6.07) is 28.2. The highest BCUT2D eigenvalue weighted by atomic mass is 16.5. The Hall–Kier alpha value is -4.18. The summed E-state index contributed by atoms with van der Waals surface area (Å²) >= 11 is 0. The van der Waals surface area contributed by atoms with Crippen molar-refractivity contribution >= 4 is 0 Å². The van der Waals surface area contributed by atoms with Crippen LogP contribution in [-0.4, -0.2) is 24.4 Å². The molecule has 4 aromatic rings. The maximum absolute atomic E-state index is 6.23. The van der Waals surface area contributed by atoms with Crippen LogP contribution in [-0.2, 0) is 18.3 Å². The molecule has 0 aliphatic heterocycles. The Bertz CT molecular complexity index is 1870. The molecule has 0 aliphatic rings. The Morgan fingerprint density at radius 2 is 0.800 bits per heavy atom. The average Bonchev–Trinajstić information content (AvgIpc) is 3.12. The minimum Gasteiger partial charge on any atom is -0.491 e. The molecule has 0 fully saturated rings. The first kappa shape index (κ1) is 52.0. The molecule has 0 radical (unpaired) electrons. The molecule has 0 atom stereocenters. The Kier molecular flexibility index (Phi) is 21.1. The third-order valence-corrected chi connectivity index (χ3v) is 10.0. The van der Waals surface area contributed by atoms with Gasteiger partial charge in [-0.15, -0.1) is 0 Å². The molecule has 0 aliphatic carbocycles. The minimum absolute atomic E-state index is 0.0974. The molecule has 0 saturated carbocycles. The summed E-state index contributed by atoms with van der Waals surface area (Å²) < 4.78 is 23.8. The van der Waals surface area contributed by atoms with Crippen molar-refractivity contribution in [3.05, 3.63) is 130 Å². The van der Waals surface area contributed by atoms with E-state index in [0.29, 0.717) is 23.7 Å². The van der Waals surface area contributed by atoms with E-state index in [4.69, 9.17) is 18.9 Å². The van der Waals surface area contributed by atoms with Gasteiger partial charge in [0.05, 0.1) is 24.4 Å². The zero-order valence-corrected chi connectivity index (χ0v) is 41.4. The molecular weight excluding hydrogens is 737 g/mol. The standard InChI is InChI=1S/C28H42O2.C16H24O.C12H18O/c1-18(2)22-11-13-26(29-20(5)6)24(15-22)17-28(9,10)25-16-23(19(3)4)12-14-27(25)30-21(7)8;1-11(2)9-15-10-14(12(3)4)7-8-16(15)17-13(5)6;1-9(2)11-5-7-12(8-6-11)13-10(3)4/h11-16,18-21H,17H2,1-10H3;7-8,10,12-13H,1,9H2,2-6H3;5-10H,1-4H3. The van der Waals surface area contributed by atoms with E-state index in [0.717, 1.165) is 35.8 Å². The van der Waals surface area contributed by atoms with Gasteiger partial charge in [-0.2, -0.15) is 0 Å². The fourth-order valence-corrected chi connectivity index (χ4v) is 6.82. The van der Waals surface area contributed by atoms with Crippen molar-refractivity contribution in [2.45, 2.75) is 198 Å². The van der Waals surface area contributed by atoms with Crippen LogP contribution in [0.4, 0.5) is 0 Å². The third-order valence-electron chi connectivity index (χ3n) is 10.0. The molecule has 0 heterocycles. The maximum Gasteiger partial charge on any atom is 0.123 e. The highest BCUT2D eigenvalue weighted by Gasteiger charge is 2.28. The number of hydrogen-bond acceptors (Lipinski definition) is 4. The zero-order chi connectivity index (χ0) is 45.5. The van der Waals surface area contributed by atoms with Gasteiger partial charge < -0.3 is 18.9 Å². The highest BCUT2D eigenvalue weighted by molar-refractivity contribution is 5.47. The van der Waals surface area contributed by atoms with Crippen LogP contribution in [0.2, 0.25) is 0 Å². The van der Waals surface area contributed by atoms with Crippen molar-refractivity contribution in [2.24, 2.45) is 0 Å². The lowest BCUT2D eigenvalue weighted by atomic mass is 9.77.